The zero-order valence-electron chi connectivity index (χ0n) is 16.3. The van der Waals surface area contributed by atoms with Gasteiger partial charge in [-0.05, 0) is 41.8 Å². The van der Waals surface area contributed by atoms with Crippen molar-refractivity contribution >= 4 is 22.6 Å². The Kier molecular flexibility index (Phi) is 5.56. The second kappa shape index (κ2) is 8.27. The largest absolute Gasteiger partial charge is 0.493 e. The van der Waals surface area contributed by atoms with E-state index in [9.17, 15) is 5.11 Å². The Balaban J connectivity index is 1.58. The van der Waals surface area contributed by atoms with Crippen LogP contribution in [0.3, 0.4) is 0 Å². The Labute approximate surface area is 173 Å². The van der Waals surface area contributed by atoms with Crippen LogP contribution in [0.4, 0.5) is 0 Å². The van der Waals surface area contributed by atoms with E-state index in [-0.39, 0.29) is 6.61 Å². The number of nitrogens with one attached hydrogen (secondary N) is 1. The molecule has 6 nitrogen and oxygen atoms in total. The number of fused-ring (bicyclic) bond motifs is 1. The average Bonchev–Trinajstić information content (AvgIpc) is 3.33. The minimum absolute atomic E-state index is 0.0146. The highest BCUT2D eigenvalue weighted by atomic mass is 35.5. The van der Waals surface area contributed by atoms with E-state index < -0.39 is 0 Å². The number of aromatic nitrogens is 3. The van der Waals surface area contributed by atoms with Crippen LogP contribution in [0.5, 0.6) is 5.75 Å². The second-order valence-electron chi connectivity index (χ2n) is 7.36. The van der Waals surface area contributed by atoms with Crippen LogP contribution < -0.4 is 4.74 Å². The van der Waals surface area contributed by atoms with E-state index in [1.54, 1.807) is 6.26 Å². The number of rotatable bonds is 7. The highest BCUT2D eigenvalue weighted by molar-refractivity contribution is 6.30. The number of hydrogen-bond donors (Lipinski definition) is 2. The highest BCUT2D eigenvalue weighted by Crippen LogP contribution is 2.27. The van der Waals surface area contributed by atoms with Crippen LogP contribution in [-0.4, -0.2) is 26.7 Å². The fraction of sp³-hybridized carbons (Fsp3) is 0.273. The monoisotopic (exact) mass is 411 g/mol. The van der Waals surface area contributed by atoms with E-state index in [2.05, 4.69) is 28.8 Å². The Morgan fingerprint density at radius 2 is 2.03 bits per heavy atom. The Bertz CT molecular complexity index is 1130. The fourth-order valence-electron chi connectivity index (χ4n) is 3.02. The van der Waals surface area contributed by atoms with Gasteiger partial charge in [0.2, 0.25) is 0 Å². The zero-order valence-corrected chi connectivity index (χ0v) is 17.0. The lowest BCUT2D eigenvalue weighted by Gasteiger charge is -2.12. The molecule has 0 radical (unpaired) electrons. The van der Waals surface area contributed by atoms with Gasteiger partial charge in [0.15, 0.2) is 11.7 Å². The first-order valence-corrected chi connectivity index (χ1v) is 9.85. The summed E-state index contributed by atoms with van der Waals surface area (Å²) < 4.78 is 11.6. The molecule has 0 aliphatic heterocycles. The van der Waals surface area contributed by atoms with Gasteiger partial charge in [0.25, 0.3) is 0 Å². The summed E-state index contributed by atoms with van der Waals surface area (Å²) in [5.74, 6) is 2.37. The smallest absolute Gasteiger partial charge is 0.199 e. The summed E-state index contributed by atoms with van der Waals surface area (Å²) in [4.78, 5) is 12.4. The van der Waals surface area contributed by atoms with Crippen LogP contribution in [-0.2, 0) is 13.0 Å². The summed E-state index contributed by atoms with van der Waals surface area (Å²) in [7, 11) is 0. The molecule has 29 heavy (non-hydrogen) atoms. The zero-order chi connectivity index (χ0) is 20.4. The van der Waals surface area contributed by atoms with Crippen LogP contribution in [0, 0.1) is 5.92 Å². The first-order valence-electron chi connectivity index (χ1n) is 9.47. The third kappa shape index (κ3) is 4.44. The molecule has 2 aromatic carbocycles. The topological polar surface area (TPSA) is 84.2 Å². The molecule has 150 valence electrons. The van der Waals surface area contributed by atoms with Gasteiger partial charge in [0.1, 0.15) is 17.7 Å². The lowest BCUT2D eigenvalue weighted by Crippen LogP contribution is -2.06. The van der Waals surface area contributed by atoms with E-state index in [1.807, 2.05) is 36.4 Å². The predicted octanol–water partition coefficient (Wildman–Crippen LogP) is 4.99. The molecule has 2 N–H and O–H groups in total. The van der Waals surface area contributed by atoms with Gasteiger partial charge in [-0.2, -0.15) is 0 Å². The van der Waals surface area contributed by atoms with E-state index in [1.165, 1.54) is 0 Å². The third-order valence-corrected chi connectivity index (χ3v) is 4.69. The van der Waals surface area contributed by atoms with Crippen molar-refractivity contribution < 1.29 is 14.3 Å². The molecule has 0 aliphatic rings. The quantitative estimate of drug-likeness (QED) is 0.447. The van der Waals surface area contributed by atoms with E-state index in [4.69, 9.17) is 20.8 Å². The molecule has 2 aromatic heterocycles. The minimum Gasteiger partial charge on any atom is -0.493 e. The molecule has 0 amide bonds. The van der Waals surface area contributed by atoms with Crippen molar-refractivity contribution in [1.29, 1.82) is 0 Å². The summed E-state index contributed by atoms with van der Waals surface area (Å²) in [5, 5.41) is 9.93. The molecule has 0 saturated carbocycles. The Morgan fingerprint density at radius 1 is 1.17 bits per heavy atom. The summed E-state index contributed by atoms with van der Waals surface area (Å²) in [6.45, 7) is 4.82. The molecule has 7 heteroatoms. The average molecular weight is 412 g/mol. The number of H-pyrrole nitrogens is 1. The highest BCUT2D eigenvalue weighted by Gasteiger charge is 2.14. The molecule has 4 aromatic rings. The molecule has 2 heterocycles. The van der Waals surface area contributed by atoms with Crippen molar-refractivity contribution in [1.82, 2.24) is 15.0 Å². The van der Waals surface area contributed by atoms with Gasteiger partial charge in [-0.25, -0.2) is 9.97 Å². The van der Waals surface area contributed by atoms with Gasteiger partial charge in [-0.1, -0.05) is 31.5 Å². The maximum atomic E-state index is 9.29. The summed E-state index contributed by atoms with van der Waals surface area (Å²) in [5.41, 5.74) is 4.01. The number of oxazole rings is 1. The minimum atomic E-state index is -0.0146. The molecule has 0 aliphatic carbocycles. The predicted molar refractivity (Wildman–Crippen MR) is 112 cm³/mol. The number of nitrogens with zero attached hydrogens (tertiary/aromatic N) is 2. The molecular formula is C22H22ClN3O3. The number of halogens is 1. The molecule has 0 saturated heterocycles. The van der Waals surface area contributed by atoms with E-state index >= 15 is 0 Å². The van der Waals surface area contributed by atoms with Gasteiger partial charge >= 0.3 is 0 Å². The number of aromatic amines is 1. The number of aliphatic hydroxyl groups is 1. The Hall–Kier alpha value is -2.83. The lowest BCUT2D eigenvalue weighted by atomic mass is 10.1. The van der Waals surface area contributed by atoms with Crippen LogP contribution >= 0.6 is 11.6 Å². The van der Waals surface area contributed by atoms with Crippen LogP contribution in [0.25, 0.3) is 22.6 Å². The van der Waals surface area contributed by atoms with Crippen LogP contribution in [0.1, 0.15) is 30.9 Å². The van der Waals surface area contributed by atoms with Crippen molar-refractivity contribution in [3.8, 4) is 17.3 Å². The molecule has 0 atom stereocenters. The number of hydrogen-bond acceptors (Lipinski definition) is 5. The number of benzene rings is 2. The van der Waals surface area contributed by atoms with Crippen molar-refractivity contribution in [2.45, 2.75) is 26.9 Å². The fourth-order valence-corrected chi connectivity index (χ4v) is 3.22. The molecule has 4 rings (SSSR count). The third-order valence-electron chi connectivity index (χ3n) is 4.46. The summed E-state index contributed by atoms with van der Waals surface area (Å²) in [6, 6.07) is 11.2. The van der Waals surface area contributed by atoms with Gasteiger partial charge in [0.05, 0.1) is 30.7 Å². The number of aliphatic hydroxyl groups excluding tert-OH is 1. The number of ether oxygens (including phenoxy) is 1. The van der Waals surface area contributed by atoms with Crippen molar-refractivity contribution in [2.75, 3.05) is 6.61 Å². The van der Waals surface area contributed by atoms with Gasteiger partial charge < -0.3 is 19.2 Å². The lowest BCUT2D eigenvalue weighted by molar-refractivity contribution is 0.268. The van der Waals surface area contributed by atoms with Crippen LogP contribution in [0.2, 0.25) is 5.02 Å². The maximum absolute atomic E-state index is 9.29. The number of imidazole rings is 1. The van der Waals surface area contributed by atoms with E-state index in [0.717, 1.165) is 27.9 Å². The van der Waals surface area contributed by atoms with Gasteiger partial charge in [0, 0.05) is 10.6 Å². The normalized spacial score (nSPS) is 11.5. The van der Waals surface area contributed by atoms with Gasteiger partial charge in [-0.15, -0.1) is 0 Å². The molecule has 0 spiro atoms. The molecular weight excluding hydrogens is 390 g/mol. The second-order valence-corrected chi connectivity index (χ2v) is 7.79. The standard InChI is InChI=1S/C22H22ClN3O3/c1-13(2)11-28-20-6-4-16(23)8-15(20)9-21-24-19(12-29-21)22-25-17-5-3-14(10-27)7-18(17)26-22/h3-8,12-13,27H,9-11H2,1-2H3,(H,25,26). The molecule has 0 unspecified atom stereocenters. The maximum Gasteiger partial charge on any atom is 0.199 e. The molecule has 0 bridgehead atoms. The summed E-state index contributed by atoms with van der Waals surface area (Å²) >= 11 is 6.18. The Morgan fingerprint density at radius 3 is 2.83 bits per heavy atom. The van der Waals surface area contributed by atoms with E-state index in [0.29, 0.717) is 41.4 Å². The SMILES string of the molecule is CC(C)COc1ccc(Cl)cc1Cc1nc(-c2nc3ccc(CO)cc3[nH]2)co1. The van der Waals surface area contributed by atoms with Crippen molar-refractivity contribution in [3.05, 3.63) is 64.7 Å². The van der Waals surface area contributed by atoms with Crippen molar-refractivity contribution in [3.63, 3.8) is 0 Å². The first kappa shape index (κ1) is 19.5. The first-order chi connectivity index (χ1) is 14.0. The molecule has 0 fully saturated rings. The van der Waals surface area contributed by atoms with Crippen molar-refractivity contribution in [2.24, 2.45) is 5.92 Å². The van der Waals surface area contributed by atoms with Crippen LogP contribution in [0.15, 0.2) is 47.1 Å². The van der Waals surface area contributed by atoms with Gasteiger partial charge in [-0.3, -0.25) is 0 Å². The summed E-state index contributed by atoms with van der Waals surface area (Å²) in [6.07, 6.45) is 2.04.